The Bertz CT molecular complexity index is 922. The molecule has 0 radical (unpaired) electrons. The molecule has 28 heavy (non-hydrogen) atoms. The average Bonchev–Trinajstić information content (AvgIpc) is 2.60. The first-order valence-corrected chi connectivity index (χ1v) is 10.5. The van der Waals surface area contributed by atoms with E-state index in [9.17, 15) is 5.11 Å². The third-order valence-corrected chi connectivity index (χ3v) is 6.72. The Morgan fingerprint density at radius 1 is 1.18 bits per heavy atom. The van der Waals surface area contributed by atoms with Crippen molar-refractivity contribution >= 4 is 0 Å². The zero-order valence-corrected chi connectivity index (χ0v) is 17.8. The highest BCUT2D eigenvalue weighted by Gasteiger charge is 2.45. The van der Waals surface area contributed by atoms with Crippen molar-refractivity contribution in [1.82, 2.24) is 0 Å². The number of allylic oxidation sites excluding steroid dienone is 2. The van der Waals surface area contributed by atoms with Gasteiger partial charge >= 0.3 is 0 Å². The summed E-state index contributed by atoms with van der Waals surface area (Å²) in [4.78, 5) is 0. The third kappa shape index (κ3) is 3.45. The molecule has 148 valence electrons. The normalized spacial score (nSPS) is 23.8. The lowest BCUT2D eigenvalue weighted by molar-refractivity contribution is 0.00752. The summed E-state index contributed by atoms with van der Waals surface area (Å²) in [6, 6.07) is 12.8. The van der Waals surface area contributed by atoms with Crippen molar-refractivity contribution in [3.05, 3.63) is 70.3 Å². The van der Waals surface area contributed by atoms with E-state index in [-0.39, 0.29) is 5.60 Å². The van der Waals surface area contributed by atoms with Crippen LogP contribution in [0.5, 0.6) is 11.5 Å². The number of aromatic hydroxyl groups is 1. The van der Waals surface area contributed by atoms with E-state index in [2.05, 4.69) is 71.0 Å². The van der Waals surface area contributed by atoms with E-state index < -0.39 is 0 Å². The standard InChI is InChI=1S/C26H32O2/c1-16-7-6-8-20(11-16)18(3)13-19-14-23(27)25-21-12-17(2)9-10-22(21)26(4,5)28-24(25)15-19/h6-9,11,14-15,18,21-22,27H,10,12-13H2,1-5H3. The molecule has 3 atom stereocenters. The minimum Gasteiger partial charge on any atom is -0.508 e. The lowest BCUT2D eigenvalue weighted by Gasteiger charge is -2.47. The third-order valence-electron chi connectivity index (χ3n) is 6.72. The van der Waals surface area contributed by atoms with Gasteiger partial charge in [0.15, 0.2) is 0 Å². The highest BCUT2D eigenvalue weighted by molar-refractivity contribution is 5.53. The Balaban J connectivity index is 1.67. The van der Waals surface area contributed by atoms with Gasteiger partial charge in [0.05, 0.1) is 0 Å². The first-order chi connectivity index (χ1) is 13.2. The molecule has 1 heterocycles. The molecular weight excluding hydrogens is 344 g/mol. The second-order valence-corrected chi connectivity index (χ2v) is 9.45. The quantitative estimate of drug-likeness (QED) is 0.607. The number of benzene rings is 2. The van der Waals surface area contributed by atoms with Crippen LogP contribution in [0.4, 0.5) is 0 Å². The summed E-state index contributed by atoms with van der Waals surface area (Å²) in [6.07, 6.45) is 5.26. The second kappa shape index (κ2) is 6.99. The van der Waals surface area contributed by atoms with Crippen LogP contribution in [0.3, 0.4) is 0 Å². The number of fused-ring (bicyclic) bond motifs is 3. The first-order valence-electron chi connectivity index (χ1n) is 10.5. The maximum absolute atomic E-state index is 11.0. The van der Waals surface area contributed by atoms with Crippen molar-refractivity contribution in [2.75, 3.05) is 0 Å². The van der Waals surface area contributed by atoms with Crippen molar-refractivity contribution in [2.45, 2.75) is 71.3 Å². The van der Waals surface area contributed by atoms with Crippen molar-refractivity contribution in [3.8, 4) is 11.5 Å². The lowest BCUT2D eigenvalue weighted by atomic mass is 9.67. The molecule has 2 aromatic rings. The SMILES string of the molecule is CC1=CCC2C(C1)c1c(O)cc(CC(C)c3cccc(C)c3)cc1OC2(C)C. The van der Waals surface area contributed by atoms with Crippen LogP contribution < -0.4 is 4.74 Å². The Hall–Kier alpha value is -2.22. The van der Waals surface area contributed by atoms with E-state index in [1.165, 1.54) is 16.7 Å². The summed E-state index contributed by atoms with van der Waals surface area (Å²) in [7, 11) is 0. The first kappa shape index (κ1) is 19.1. The minimum atomic E-state index is -0.220. The van der Waals surface area contributed by atoms with E-state index in [4.69, 9.17) is 4.74 Å². The smallest absolute Gasteiger partial charge is 0.127 e. The van der Waals surface area contributed by atoms with Crippen molar-refractivity contribution < 1.29 is 9.84 Å². The fourth-order valence-corrected chi connectivity index (χ4v) is 5.19. The van der Waals surface area contributed by atoms with Crippen LogP contribution in [0.2, 0.25) is 0 Å². The van der Waals surface area contributed by atoms with Crippen LogP contribution in [0.25, 0.3) is 0 Å². The van der Waals surface area contributed by atoms with Crippen molar-refractivity contribution in [1.29, 1.82) is 0 Å². The van der Waals surface area contributed by atoms with Crippen molar-refractivity contribution in [2.24, 2.45) is 5.92 Å². The predicted octanol–water partition coefficient (Wildman–Crippen LogP) is 6.66. The maximum Gasteiger partial charge on any atom is 0.127 e. The average molecular weight is 377 g/mol. The second-order valence-electron chi connectivity index (χ2n) is 9.45. The van der Waals surface area contributed by atoms with Gasteiger partial charge in [-0.1, -0.05) is 48.4 Å². The molecule has 0 fully saturated rings. The van der Waals surface area contributed by atoms with Crippen LogP contribution in [0, 0.1) is 12.8 Å². The molecule has 0 bridgehead atoms. The lowest BCUT2D eigenvalue weighted by Crippen LogP contribution is -2.45. The fraction of sp³-hybridized carbons (Fsp3) is 0.462. The van der Waals surface area contributed by atoms with Gasteiger partial charge in [0.25, 0.3) is 0 Å². The van der Waals surface area contributed by atoms with Crippen molar-refractivity contribution in [3.63, 3.8) is 0 Å². The van der Waals surface area contributed by atoms with Crippen LogP contribution in [0.1, 0.15) is 74.6 Å². The molecule has 2 heteroatoms. The van der Waals surface area contributed by atoms with Gasteiger partial charge in [0.2, 0.25) is 0 Å². The van der Waals surface area contributed by atoms with Gasteiger partial charge < -0.3 is 9.84 Å². The summed E-state index contributed by atoms with van der Waals surface area (Å²) < 4.78 is 6.46. The molecular formula is C26H32O2. The van der Waals surface area contributed by atoms with Gasteiger partial charge in [-0.2, -0.15) is 0 Å². The molecule has 1 aliphatic heterocycles. The Labute approximate surface area is 169 Å². The maximum atomic E-state index is 11.0. The molecule has 0 aromatic heterocycles. The zero-order valence-electron chi connectivity index (χ0n) is 17.8. The Morgan fingerprint density at radius 2 is 1.96 bits per heavy atom. The zero-order chi connectivity index (χ0) is 20.1. The summed E-state index contributed by atoms with van der Waals surface area (Å²) in [5, 5.41) is 11.0. The summed E-state index contributed by atoms with van der Waals surface area (Å²) >= 11 is 0. The molecule has 1 aliphatic carbocycles. The predicted molar refractivity (Wildman–Crippen MR) is 115 cm³/mol. The number of aryl methyl sites for hydroxylation is 1. The number of hydrogen-bond acceptors (Lipinski definition) is 2. The van der Waals surface area contributed by atoms with Gasteiger partial charge in [-0.05, 0) is 76.1 Å². The number of rotatable bonds is 3. The molecule has 1 N–H and O–H groups in total. The molecule has 4 rings (SSSR count). The largest absolute Gasteiger partial charge is 0.508 e. The fourth-order valence-electron chi connectivity index (χ4n) is 5.19. The number of hydrogen-bond donors (Lipinski definition) is 1. The van der Waals surface area contributed by atoms with Gasteiger partial charge in [-0.25, -0.2) is 0 Å². The van der Waals surface area contributed by atoms with Crippen LogP contribution in [-0.4, -0.2) is 10.7 Å². The molecule has 0 amide bonds. The van der Waals surface area contributed by atoms with E-state index in [0.717, 1.165) is 36.1 Å². The molecule has 2 aromatic carbocycles. The highest BCUT2D eigenvalue weighted by Crippen LogP contribution is 2.54. The summed E-state index contributed by atoms with van der Waals surface area (Å²) in [5.74, 6) is 2.43. The van der Waals surface area contributed by atoms with Crippen LogP contribution in [-0.2, 0) is 6.42 Å². The minimum absolute atomic E-state index is 0.220. The number of phenolic OH excluding ortho intramolecular Hbond substituents is 1. The molecule has 0 saturated carbocycles. The molecule has 0 spiro atoms. The van der Waals surface area contributed by atoms with Gasteiger partial charge in [0.1, 0.15) is 17.1 Å². The monoisotopic (exact) mass is 376 g/mol. The summed E-state index contributed by atoms with van der Waals surface area (Å²) in [5.41, 5.74) is 5.98. The summed E-state index contributed by atoms with van der Waals surface area (Å²) in [6.45, 7) is 11.0. The van der Waals surface area contributed by atoms with E-state index >= 15 is 0 Å². The molecule has 2 nitrogen and oxygen atoms in total. The van der Waals surface area contributed by atoms with Gasteiger partial charge in [-0.3, -0.25) is 0 Å². The van der Waals surface area contributed by atoms with Crippen LogP contribution >= 0.6 is 0 Å². The van der Waals surface area contributed by atoms with Gasteiger partial charge in [-0.15, -0.1) is 0 Å². The molecule has 2 aliphatic rings. The van der Waals surface area contributed by atoms with Gasteiger partial charge in [0, 0.05) is 17.4 Å². The number of phenols is 1. The van der Waals surface area contributed by atoms with E-state index in [0.29, 0.717) is 23.5 Å². The molecule has 0 saturated heterocycles. The highest BCUT2D eigenvalue weighted by atomic mass is 16.5. The molecule has 3 unspecified atom stereocenters. The van der Waals surface area contributed by atoms with E-state index in [1.807, 2.05) is 6.07 Å². The number of ether oxygens (including phenoxy) is 1. The van der Waals surface area contributed by atoms with Crippen LogP contribution in [0.15, 0.2) is 48.0 Å². The van der Waals surface area contributed by atoms with E-state index in [1.54, 1.807) is 0 Å². The Morgan fingerprint density at radius 3 is 2.71 bits per heavy atom. The topological polar surface area (TPSA) is 29.5 Å². The Kier molecular flexibility index (Phi) is 4.77.